The van der Waals surface area contributed by atoms with Crippen LogP contribution in [0.5, 0.6) is 0 Å². The maximum absolute atomic E-state index is 12.6. The highest BCUT2D eigenvalue weighted by molar-refractivity contribution is 7.14. The van der Waals surface area contributed by atoms with E-state index in [9.17, 15) is 19.7 Å². The zero-order valence-corrected chi connectivity index (χ0v) is 16.4. The number of hydrogen-bond acceptors (Lipinski definition) is 7. The van der Waals surface area contributed by atoms with Crippen molar-refractivity contribution in [2.24, 2.45) is 0 Å². The summed E-state index contributed by atoms with van der Waals surface area (Å²) in [6, 6.07) is 4.21. The lowest BCUT2D eigenvalue weighted by molar-refractivity contribution is -0.384. The monoisotopic (exact) mass is 421 g/mol. The van der Waals surface area contributed by atoms with Crippen molar-refractivity contribution in [3.63, 3.8) is 0 Å². The van der Waals surface area contributed by atoms with Gasteiger partial charge in [-0.3, -0.25) is 19.8 Å². The van der Waals surface area contributed by atoms with Crippen LogP contribution < -0.4 is 4.90 Å². The molecule has 0 radical (unpaired) electrons. The minimum Gasteiger partial charge on any atom is -0.461 e. The molecule has 10 heteroatoms. The van der Waals surface area contributed by atoms with Gasteiger partial charge in [0.15, 0.2) is 10.8 Å². The van der Waals surface area contributed by atoms with Gasteiger partial charge in [-0.1, -0.05) is 23.7 Å². The Morgan fingerprint density at radius 2 is 2.21 bits per heavy atom. The molecule has 0 unspecified atom stereocenters. The molecule has 0 aliphatic heterocycles. The fourth-order valence-corrected chi connectivity index (χ4v) is 3.10. The number of rotatable bonds is 8. The third kappa shape index (κ3) is 5.24. The Bertz CT molecular complexity index is 941. The number of amides is 1. The first-order valence-corrected chi connectivity index (χ1v) is 9.30. The first-order valence-electron chi connectivity index (χ1n) is 8.04. The number of esters is 1. The summed E-state index contributed by atoms with van der Waals surface area (Å²) in [4.78, 5) is 40.1. The number of aromatic nitrogens is 1. The van der Waals surface area contributed by atoms with Gasteiger partial charge in [0.2, 0.25) is 0 Å². The smallest absolute Gasteiger partial charge is 0.357 e. The van der Waals surface area contributed by atoms with Crippen LogP contribution in [0.2, 0.25) is 5.02 Å². The summed E-state index contributed by atoms with van der Waals surface area (Å²) >= 11 is 6.89. The highest BCUT2D eigenvalue weighted by atomic mass is 35.5. The molecule has 1 aromatic carbocycles. The second-order valence-electron chi connectivity index (χ2n) is 5.27. The van der Waals surface area contributed by atoms with Gasteiger partial charge in [-0.25, -0.2) is 9.78 Å². The molecule has 0 spiro atoms. The molecule has 2 rings (SSSR count). The van der Waals surface area contributed by atoms with Crippen LogP contribution in [0.15, 0.2) is 42.3 Å². The number of nitrogens with zero attached hydrogens (tertiary/aromatic N) is 3. The lowest BCUT2D eigenvalue weighted by Gasteiger charge is -2.15. The zero-order chi connectivity index (χ0) is 20.7. The van der Waals surface area contributed by atoms with E-state index in [0.29, 0.717) is 10.7 Å². The summed E-state index contributed by atoms with van der Waals surface area (Å²) < 4.78 is 4.89. The predicted octanol–water partition coefficient (Wildman–Crippen LogP) is 4.11. The second-order valence-corrected chi connectivity index (χ2v) is 6.52. The van der Waals surface area contributed by atoms with Gasteiger partial charge in [0.1, 0.15) is 5.02 Å². The van der Waals surface area contributed by atoms with E-state index in [2.05, 4.69) is 11.6 Å². The van der Waals surface area contributed by atoms with E-state index in [1.54, 1.807) is 13.0 Å². The summed E-state index contributed by atoms with van der Waals surface area (Å²) in [6.45, 7) is 5.69. The Labute approximate surface area is 169 Å². The van der Waals surface area contributed by atoms with Crippen LogP contribution in [0, 0.1) is 10.1 Å². The Morgan fingerprint density at radius 3 is 2.86 bits per heavy atom. The van der Waals surface area contributed by atoms with E-state index in [1.165, 1.54) is 40.6 Å². The van der Waals surface area contributed by atoms with Gasteiger partial charge in [-0.05, 0) is 24.6 Å². The molecule has 1 aromatic heterocycles. The molecule has 0 bridgehead atoms. The average Bonchev–Trinajstić information content (AvgIpc) is 3.15. The van der Waals surface area contributed by atoms with Crippen molar-refractivity contribution in [3.8, 4) is 0 Å². The minimum atomic E-state index is -0.599. The number of carbonyl (C=O) groups is 2. The molecule has 1 heterocycles. The van der Waals surface area contributed by atoms with Crippen LogP contribution in [-0.2, 0) is 9.53 Å². The maximum atomic E-state index is 12.6. The maximum Gasteiger partial charge on any atom is 0.357 e. The third-order valence-corrected chi connectivity index (χ3v) is 4.55. The molecule has 28 heavy (non-hydrogen) atoms. The highest BCUT2D eigenvalue weighted by Crippen LogP contribution is 2.26. The van der Waals surface area contributed by atoms with E-state index in [1.807, 2.05) is 0 Å². The summed E-state index contributed by atoms with van der Waals surface area (Å²) in [5, 5.41) is 12.8. The zero-order valence-electron chi connectivity index (χ0n) is 14.8. The fraction of sp³-hybridized carbons (Fsp3) is 0.167. The summed E-state index contributed by atoms with van der Waals surface area (Å²) in [6.07, 6.45) is 4.20. The molecule has 0 aliphatic rings. The molecule has 0 aliphatic carbocycles. The Morgan fingerprint density at radius 1 is 1.46 bits per heavy atom. The minimum absolute atomic E-state index is 0.0102. The van der Waals surface area contributed by atoms with Crippen LogP contribution in [0.3, 0.4) is 0 Å². The van der Waals surface area contributed by atoms with Crippen molar-refractivity contribution in [1.82, 2.24) is 4.98 Å². The van der Waals surface area contributed by atoms with Gasteiger partial charge in [-0.2, -0.15) is 0 Å². The fourth-order valence-electron chi connectivity index (χ4n) is 2.11. The molecule has 0 saturated heterocycles. The van der Waals surface area contributed by atoms with Crippen molar-refractivity contribution in [1.29, 1.82) is 0 Å². The van der Waals surface area contributed by atoms with Crippen molar-refractivity contribution >= 4 is 51.7 Å². The predicted molar refractivity (Wildman–Crippen MR) is 108 cm³/mol. The molecule has 0 fully saturated rings. The molecule has 0 saturated carbocycles. The molecule has 0 atom stereocenters. The summed E-state index contributed by atoms with van der Waals surface area (Å²) in [5.74, 6) is -0.998. The topological polar surface area (TPSA) is 103 Å². The summed E-state index contributed by atoms with van der Waals surface area (Å²) in [7, 11) is 0. The first kappa shape index (κ1) is 21.3. The largest absolute Gasteiger partial charge is 0.461 e. The number of carbonyl (C=O) groups excluding carboxylic acids is 2. The van der Waals surface area contributed by atoms with Gasteiger partial charge >= 0.3 is 5.97 Å². The number of nitro groups is 1. The van der Waals surface area contributed by atoms with E-state index < -0.39 is 16.8 Å². The quantitative estimate of drug-likeness (QED) is 0.209. The number of anilines is 1. The van der Waals surface area contributed by atoms with Crippen LogP contribution in [0.25, 0.3) is 6.08 Å². The number of benzene rings is 1. The van der Waals surface area contributed by atoms with E-state index in [0.717, 1.165) is 11.3 Å². The van der Waals surface area contributed by atoms with Gasteiger partial charge in [-0.15, -0.1) is 17.9 Å². The van der Waals surface area contributed by atoms with Crippen LogP contribution in [0.4, 0.5) is 10.8 Å². The summed E-state index contributed by atoms with van der Waals surface area (Å²) in [5.41, 5.74) is 0.300. The molecular formula is C18H16ClN3O5S. The number of halogens is 1. The standard InChI is InChI=1S/C18H16ClN3O5S/c1-3-9-21(18-20-14(11-28-18)17(24)27-4-2)16(23)8-6-12-5-7-13(19)15(10-12)22(25)26/h3,5-8,10-11H,1,4,9H2,2H3/b8-6-. The van der Waals surface area contributed by atoms with Crippen molar-refractivity contribution in [2.45, 2.75) is 6.92 Å². The molecule has 0 N–H and O–H groups in total. The Hall–Kier alpha value is -3.04. The normalized spacial score (nSPS) is 10.6. The molecule has 146 valence electrons. The molecule has 8 nitrogen and oxygen atoms in total. The van der Waals surface area contributed by atoms with E-state index in [-0.39, 0.29) is 29.6 Å². The average molecular weight is 422 g/mol. The third-order valence-electron chi connectivity index (χ3n) is 3.37. The number of hydrogen-bond donors (Lipinski definition) is 0. The van der Waals surface area contributed by atoms with E-state index >= 15 is 0 Å². The number of nitro benzene ring substituents is 1. The molecule has 1 amide bonds. The molecular weight excluding hydrogens is 406 g/mol. The number of thiazole rings is 1. The van der Waals surface area contributed by atoms with Gasteiger partial charge in [0.05, 0.1) is 11.5 Å². The van der Waals surface area contributed by atoms with Crippen molar-refractivity contribution < 1.29 is 19.2 Å². The van der Waals surface area contributed by atoms with Gasteiger partial charge in [0.25, 0.3) is 11.6 Å². The Kier molecular flexibility index (Phi) is 7.42. The van der Waals surface area contributed by atoms with Crippen molar-refractivity contribution in [2.75, 3.05) is 18.1 Å². The van der Waals surface area contributed by atoms with Crippen molar-refractivity contribution in [3.05, 3.63) is 68.7 Å². The lowest BCUT2D eigenvalue weighted by Crippen LogP contribution is -2.29. The van der Waals surface area contributed by atoms with Crippen LogP contribution in [0.1, 0.15) is 23.0 Å². The number of ether oxygens (including phenoxy) is 1. The molecule has 2 aromatic rings. The first-order chi connectivity index (χ1) is 13.4. The second kappa shape index (κ2) is 9.77. The SMILES string of the molecule is C=CCN(C(=O)/C=C\c1ccc(Cl)c([N+](=O)[O-])c1)c1nc(C(=O)OCC)cs1. The van der Waals surface area contributed by atoms with Gasteiger partial charge in [0, 0.05) is 24.1 Å². The highest BCUT2D eigenvalue weighted by Gasteiger charge is 2.19. The van der Waals surface area contributed by atoms with Gasteiger partial charge < -0.3 is 4.74 Å². The lowest BCUT2D eigenvalue weighted by atomic mass is 10.2. The van der Waals surface area contributed by atoms with Crippen LogP contribution in [-0.4, -0.2) is 34.9 Å². The van der Waals surface area contributed by atoms with Crippen LogP contribution >= 0.6 is 22.9 Å². The Balaban J connectivity index is 2.22. The van der Waals surface area contributed by atoms with E-state index in [4.69, 9.17) is 16.3 Å².